The van der Waals surface area contributed by atoms with Gasteiger partial charge >= 0.3 is 12.1 Å². The highest BCUT2D eigenvalue weighted by atomic mass is 35.5. The number of piperidine rings is 1. The van der Waals surface area contributed by atoms with Crippen molar-refractivity contribution in [2.45, 2.75) is 25.3 Å². The Bertz CT molecular complexity index is 1480. The minimum atomic E-state index is -1.06. The zero-order chi connectivity index (χ0) is 29.7. The third-order valence-electron chi connectivity index (χ3n) is 6.78. The number of nitrogens with zero attached hydrogens (tertiary/aromatic N) is 2. The third-order valence-corrected chi connectivity index (χ3v) is 8.72. The molecule has 3 aromatic rings. The van der Waals surface area contributed by atoms with E-state index >= 15 is 0 Å². The summed E-state index contributed by atoms with van der Waals surface area (Å²) in [5.74, 6) is -1.59. The summed E-state index contributed by atoms with van der Waals surface area (Å²) in [4.78, 5) is 52.1. The van der Waals surface area contributed by atoms with Crippen LogP contribution in [0.15, 0.2) is 47.9 Å². The molecule has 0 radical (unpaired) electrons. The SMILES string of the molecule is CN(C)C(=O)Oc1ccc(C(CC(=O)O)NC(=O)C2CCN(C(=O)C=Cc3cc4ccsc4c(Cl)c3Cl)CC2)cc1. The Labute approximate surface area is 251 Å². The van der Waals surface area contributed by atoms with Gasteiger partial charge in [-0.1, -0.05) is 35.3 Å². The number of rotatable bonds is 8. The molecule has 3 amide bonds. The van der Waals surface area contributed by atoms with Gasteiger partial charge in [-0.2, -0.15) is 0 Å². The zero-order valence-corrected chi connectivity index (χ0v) is 24.8. The Morgan fingerprint density at radius 1 is 1.12 bits per heavy atom. The van der Waals surface area contributed by atoms with E-state index in [1.54, 1.807) is 49.3 Å². The van der Waals surface area contributed by atoms with Crippen LogP contribution in [0.1, 0.15) is 36.4 Å². The molecule has 2 heterocycles. The van der Waals surface area contributed by atoms with Crippen molar-refractivity contribution in [2.75, 3.05) is 27.2 Å². The number of amides is 3. The van der Waals surface area contributed by atoms with Gasteiger partial charge < -0.3 is 25.0 Å². The van der Waals surface area contributed by atoms with Crippen molar-refractivity contribution in [3.8, 4) is 5.75 Å². The fourth-order valence-electron chi connectivity index (χ4n) is 4.50. The van der Waals surface area contributed by atoms with Gasteiger partial charge in [0.05, 0.1) is 27.2 Å². The molecular weight excluding hydrogens is 589 g/mol. The lowest BCUT2D eigenvalue weighted by Crippen LogP contribution is -2.43. The van der Waals surface area contributed by atoms with Crippen LogP contribution < -0.4 is 10.1 Å². The van der Waals surface area contributed by atoms with Crippen molar-refractivity contribution in [3.05, 3.63) is 69.0 Å². The van der Waals surface area contributed by atoms with Crippen molar-refractivity contribution >= 4 is 74.6 Å². The lowest BCUT2D eigenvalue weighted by Gasteiger charge is -2.31. The standard InChI is InChI=1S/C29H29Cl2N3O6S/c1-33(2)29(39)40-21-6-3-17(4-7-21)22(16-24(36)37)32-28(38)18-9-12-34(13-10-18)23(35)8-5-19-15-20-11-14-41-27(20)26(31)25(19)30/h3-8,11,14-15,18,22H,9-10,12-13,16H2,1-2H3,(H,32,38)(H,36,37). The minimum absolute atomic E-state index is 0.194. The molecule has 0 aliphatic carbocycles. The molecule has 1 atom stereocenters. The Morgan fingerprint density at radius 2 is 1.80 bits per heavy atom. The number of carboxylic acid groups (broad SMARTS) is 1. The van der Waals surface area contributed by atoms with Crippen LogP contribution >= 0.6 is 34.5 Å². The number of ether oxygens (including phenoxy) is 1. The fraction of sp³-hybridized carbons (Fsp3) is 0.310. The van der Waals surface area contributed by atoms with Crippen molar-refractivity contribution in [3.63, 3.8) is 0 Å². The number of benzene rings is 2. The second-order valence-corrected chi connectivity index (χ2v) is 11.5. The van der Waals surface area contributed by atoms with Gasteiger partial charge in [0.1, 0.15) is 5.75 Å². The minimum Gasteiger partial charge on any atom is -0.481 e. The molecule has 1 unspecified atom stereocenters. The maximum absolute atomic E-state index is 13.1. The van der Waals surface area contributed by atoms with Crippen LogP contribution in [-0.2, 0) is 14.4 Å². The fourth-order valence-corrected chi connectivity index (χ4v) is 5.93. The molecule has 12 heteroatoms. The molecule has 2 N–H and O–H groups in total. The third kappa shape index (κ3) is 7.58. The number of carbonyl (C=O) groups is 4. The molecule has 1 fully saturated rings. The van der Waals surface area contributed by atoms with Crippen molar-refractivity contribution in [1.29, 1.82) is 0 Å². The first-order valence-corrected chi connectivity index (χ1v) is 14.5. The van der Waals surface area contributed by atoms with E-state index in [-0.39, 0.29) is 24.2 Å². The van der Waals surface area contributed by atoms with E-state index in [9.17, 15) is 24.3 Å². The molecule has 1 aromatic heterocycles. The molecule has 1 aliphatic heterocycles. The van der Waals surface area contributed by atoms with E-state index < -0.39 is 18.1 Å². The van der Waals surface area contributed by atoms with Gasteiger partial charge in [-0.25, -0.2) is 4.79 Å². The van der Waals surface area contributed by atoms with Crippen LogP contribution in [0.5, 0.6) is 5.75 Å². The number of thiophene rings is 1. The molecule has 0 bridgehead atoms. The van der Waals surface area contributed by atoms with E-state index in [4.69, 9.17) is 27.9 Å². The highest BCUT2D eigenvalue weighted by Gasteiger charge is 2.29. The molecule has 1 saturated heterocycles. The number of halogens is 2. The van der Waals surface area contributed by atoms with Crippen LogP contribution in [-0.4, -0.2) is 66.0 Å². The van der Waals surface area contributed by atoms with Crippen LogP contribution in [0.4, 0.5) is 4.79 Å². The number of hydrogen-bond donors (Lipinski definition) is 2. The van der Waals surface area contributed by atoms with E-state index in [1.165, 1.54) is 22.3 Å². The molecule has 0 saturated carbocycles. The Hall–Kier alpha value is -3.60. The summed E-state index contributed by atoms with van der Waals surface area (Å²) in [5.41, 5.74) is 1.22. The predicted molar refractivity (Wildman–Crippen MR) is 159 cm³/mol. The molecule has 9 nitrogen and oxygen atoms in total. The van der Waals surface area contributed by atoms with Crippen molar-refractivity contribution < 1.29 is 29.0 Å². The second-order valence-electron chi connectivity index (χ2n) is 9.86. The van der Waals surface area contributed by atoms with Gasteiger partial charge in [0, 0.05) is 39.2 Å². The number of fused-ring (bicyclic) bond motifs is 1. The normalized spacial score (nSPS) is 14.7. The van der Waals surface area contributed by atoms with Gasteiger partial charge in [0.25, 0.3) is 0 Å². The zero-order valence-electron chi connectivity index (χ0n) is 22.4. The quantitative estimate of drug-likeness (QED) is 0.306. The summed E-state index contributed by atoms with van der Waals surface area (Å²) >= 11 is 14.3. The van der Waals surface area contributed by atoms with Crippen LogP contribution in [0.3, 0.4) is 0 Å². The summed E-state index contributed by atoms with van der Waals surface area (Å²) in [6.45, 7) is 0.768. The van der Waals surface area contributed by atoms with Crippen LogP contribution in [0.25, 0.3) is 16.2 Å². The first-order chi connectivity index (χ1) is 19.5. The lowest BCUT2D eigenvalue weighted by molar-refractivity contribution is -0.138. The van der Waals surface area contributed by atoms with E-state index in [1.807, 2.05) is 17.5 Å². The lowest BCUT2D eigenvalue weighted by atomic mass is 9.94. The first kappa shape index (κ1) is 30.4. The predicted octanol–water partition coefficient (Wildman–Crippen LogP) is 5.85. The number of nitrogens with one attached hydrogen (secondary N) is 1. The van der Waals surface area contributed by atoms with Crippen molar-refractivity contribution in [2.24, 2.45) is 5.92 Å². The average Bonchev–Trinajstić information content (AvgIpc) is 3.42. The monoisotopic (exact) mass is 617 g/mol. The highest BCUT2D eigenvalue weighted by molar-refractivity contribution is 7.18. The summed E-state index contributed by atoms with van der Waals surface area (Å²) in [6, 6.07) is 9.40. The highest BCUT2D eigenvalue weighted by Crippen LogP contribution is 2.37. The molecule has 1 aliphatic rings. The number of aliphatic carboxylic acids is 1. The van der Waals surface area contributed by atoms with E-state index in [2.05, 4.69) is 5.32 Å². The number of carboxylic acids is 1. The summed E-state index contributed by atoms with van der Waals surface area (Å²) in [6.07, 6.45) is 3.14. The van der Waals surface area contributed by atoms with Gasteiger partial charge in [-0.3, -0.25) is 14.4 Å². The summed E-state index contributed by atoms with van der Waals surface area (Å²) < 4.78 is 6.10. The van der Waals surface area contributed by atoms with Gasteiger partial charge in [-0.15, -0.1) is 11.3 Å². The van der Waals surface area contributed by atoms with Crippen molar-refractivity contribution in [1.82, 2.24) is 15.1 Å². The van der Waals surface area contributed by atoms with Gasteiger partial charge in [0.15, 0.2) is 0 Å². The number of hydrogen-bond acceptors (Lipinski definition) is 6. The van der Waals surface area contributed by atoms with Crippen LogP contribution in [0.2, 0.25) is 10.0 Å². The topological polar surface area (TPSA) is 116 Å². The van der Waals surface area contributed by atoms with Gasteiger partial charge in [-0.05, 0) is 65.1 Å². The van der Waals surface area contributed by atoms with E-state index in [0.29, 0.717) is 52.9 Å². The number of carbonyl (C=O) groups excluding carboxylic acids is 3. The largest absolute Gasteiger partial charge is 0.481 e. The summed E-state index contributed by atoms with van der Waals surface area (Å²) in [5, 5.41) is 16.0. The van der Waals surface area contributed by atoms with E-state index in [0.717, 1.165) is 10.1 Å². The summed E-state index contributed by atoms with van der Waals surface area (Å²) in [7, 11) is 3.12. The van der Waals surface area contributed by atoms with Crippen LogP contribution in [0, 0.1) is 5.92 Å². The Morgan fingerprint density at radius 3 is 2.44 bits per heavy atom. The maximum atomic E-state index is 13.1. The number of likely N-dealkylation sites (tertiary alicyclic amines) is 1. The maximum Gasteiger partial charge on any atom is 0.414 e. The second kappa shape index (κ2) is 13.4. The molecule has 2 aromatic carbocycles. The molecule has 4 rings (SSSR count). The molecule has 41 heavy (non-hydrogen) atoms. The molecule has 0 spiro atoms. The smallest absolute Gasteiger partial charge is 0.414 e. The first-order valence-electron chi connectivity index (χ1n) is 12.9. The Balaban J connectivity index is 1.34. The Kier molecular flexibility index (Phi) is 9.90. The average molecular weight is 619 g/mol. The van der Waals surface area contributed by atoms with Gasteiger partial charge in [0.2, 0.25) is 11.8 Å². The molecule has 216 valence electrons. The molecular formula is C29H29Cl2N3O6S.